The predicted molar refractivity (Wildman–Crippen MR) is 60.8 cm³/mol. The van der Waals surface area contributed by atoms with Gasteiger partial charge in [0.2, 0.25) is 0 Å². The van der Waals surface area contributed by atoms with Gasteiger partial charge in [-0.05, 0) is 37.8 Å². The molecule has 0 bridgehead atoms. The fraction of sp³-hybridized carbons (Fsp3) is 0.500. The van der Waals surface area contributed by atoms with Crippen molar-refractivity contribution < 1.29 is 4.18 Å². The van der Waals surface area contributed by atoms with Crippen LogP contribution in [0.3, 0.4) is 0 Å². The molecule has 0 saturated carbocycles. The maximum atomic E-state index is 5.42. The summed E-state index contributed by atoms with van der Waals surface area (Å²) in [6.45, 7) is 0.754. The zero-order valence-electron chi connectivity index (χ0n) is 8.08. The smallest absolute Gasteiger partial charge is 0.0662 e. The maximum absolute atomic E-state index is 5.42. The molecule has 0 radical (unpaired) electrons. The quantitative estimate of drug-likeness (QED) is 0.687. The highest BCUT2D eigenvalue weighted by Gasteiger charge is 1.97. The van der Waals surface area contributed by atoms with Crippen molar-refractivity contribution in [3.63, 3.8) is 0 Å². The van der Waals surface area contributed by atoms with Crippen molar-refractivity contribution in [2.75, 3.05) is 13.7 Å². The minimum atomic E-state index is -0.333. The monoisotopic (exact) mass is 199 g/mol. The highest BCUT2D eigenvalue weighted by molar-refractivity contribution is 8.08. The molecule has 0 aromatic carbocycles. The van der Waals surface area contributed by atoms with Crippen LogP contribution >= 0.6 is 11.0 Å². The summed E-state index contributed by atoms with van der Waals surface area (Å²) in [6.07, 6.45) is 10.0. The summed E-state index contributed by atoms with van der Waals surface area (Å²) in [5.41, 5.74) is 1.39. The first-order valence-electron chi connectivity index (χ1n) is 4.53. The first-order valence-corrected chi connectivity index (χ1v) is 5.85. The SMILES string of the molecule is C=S(NC)OCCC1=CCCC=C1. The molecule has 0 fully saturated rings. The number of nitrogens with one attached hydrogen (secondary N) is 1. The van der Waals surface area contributed by atoms with E-state index in [9.17, 15) is 0 Å². The van der Waals surface area contributed by atoms with Crippen molar-refractivity contribution in [1.29, 1.82) is 0 Å². The Morgan fingerprint density at radius 2 is 2.46 bits per heavy atom. The average Bonchev–Trinajstić information content (AvgIpc) is 2.19. The summed E-state index contributed by atoms with van der Waals surface area (Å²) in [5, 5.41) is 0. The molecule has 0 amide bonds. The first-order chi connectivity index (χ1) is 6.33. The van der Waals surface area contributed by atoms with Gasteiger partial charge in [0.15, 0.2) is 0 Å². The van der Waals surface area contributed by atoms with Gasteiger partial charge in [-0.3, -0.25) is 4.72 Å². The molecule has 0 aromatic rings. The Balaban J connectivity index is 2.15. The summed E-state index contributed by atoms with van der Waals surface area (Å²) in [7, 11) is 1.52. The van der Waals surface area contributed by atoms with Crippen LogP contribution in [0.1, 0.15) is 19.3 Å². The zero-order valence-corrected chi connectivity index (χ0v) is 8.90. The van der Waals surface area contributed by atoms with E-state index in [0.29, 0.717) is 0 Å². The summed E-state index contributed by atoms with van der Waals surface area (Å²) in [5.74, 6) is 3.80. The molecule has 1 N–H and O–H groups in total. The van der Waals surface area contributed by atoms with Gasteiger partial charge in [0.25, 0.3) is 0 Å². The van der Waals surface area contributed by atoms with Crippen molar-refractivity contribution in [1.82, 2.24) is 4.72 Å². The van der Waals surface area contributed by atoms with Gasteiger partial charge in [-0.25, -0.2) is 0 Å². The van der Waals surface area contributed by atoms with Crippen LogP contribution in [0.15, 0.2) is 23.8 Å². The number of hydrogen-bond donors (Lipinski definition) is 1. The number of rotatable bonds is 5. The van der Waals surface area contributed by atoms with Gasteiger partial charge < -0.3 is 4.18 Å². The summed E-state index contributed by atoms with van der Waals surface area (Å²) in [6, 6.07) is 0. The molecule has 0 aromatic heterocycles. The van der Waals surface area contributed by atoms with E-state index >= 15 is 0 Å². The lowest BCUT2D eigenvalue weighted by Crippen LogP contribution is -2.00. The normalized spacial score (nSPS) is 18.4. The van der Waals surface area contributed by atoms with Crippen LogP contribution in [0.25, 0.3) is 0 Å². The topological polar surface area (TPSA) is 21.3 Å². The average molecular weight is 199 g/mol. The largest absolute Gasteiger partial charge is 0.309 e. The van der Waals surface area contributed by atoms with Crippen LogP contribution < -0.4 is 4.72 Å². The predicted octanol–water partition coefficient (Wildman–Crippen LogP) is 2.42. The second-order valence-electron chi connectivity index (χ2n) is 2.88. The van der Waals surface area contributed by atoms with Crippen molar-refractivity contribution in [2.24, 2.45) is 0 Å². The standard InChI is InChI=1S/C10H17NOS/c1-11-13(2)12-9-8-10-6-4-3-5-7-10/h4,6-7,11H,2-3,5,8-9H2,1H3. The fourth-order valence-electron chi connectivity index (χ4n) is 1.17. The van der Waals surface area contributed by atoms with E-state index in [1.165, 1.54) is 18.4 Å². The first kappa shape index (κ1) is 10.7. The summed E-state index contributed by atoms with van der Waals surface area (Å²) in [4.78, 5) is 0. The van der Waals surface area contributed by atoms with Crippen LogP contribution in [-0.4, -0.2) is 19.5 Å². The minimum Gasteiger partial charge on any atom is -0.309 e. The molecule has 0 heterocycles. The molecule has 1 rings (SSSR count). The van der Waals surface area contributed by atoms with Crippen molar-refractivity contribution in [3.05, 3.63) is 23.8 Å². The molecule has 0 spiro atoms. The Morgan fingerprint density at radius 3 is 3.08 bits per heavy atom. The Hall–Kier alpha value is -0.380. The molecule has 13 heavy (non-hydrogen) atoms. The highest BCUT2D eigenvalue weighted by atomic mass is 32.2. The highest BCUT2D eigenvalue weighted by Crippen LogP contribution is 2.14. The van der Waals surface area contributed by atoms with Crippen LogP contribution in [0.5, 0.6) is 0 Å². The summed E-state index contributed by atoms with van der Waals surface area (Å²) >= 11 is 0. The molecule has 0 saturated heterocycles. The third-order valence-corrected chi connectivity index (χ3v) is 2.82. The molecule has 0 aliphatic heterocycles. The van der Waals surface area contributed by atoms with Gasteiger partial charge in [0.05, 0.1) is 6.61 Å². The van der Waals surface area contributed by atoms with Crippen LogP contribution in [-0.2, 0) is 4.18 Å². The van der Waals surface area contributed by atoms with Gasteiger partial charge >= 0.3 is 0 Å². The van der Waals surface area contributed by atoms with Gasteiger partial charge in [0, 0.05) is 11.0 Å². The van der Waals surface area contributed by atoms with E-state index in [1.54, 1.807) is 0 Å². The van der Waals surface area contributed by atoms with E-state index in [-0.39, 0.29) is 11.0 Å². The molecule has 2 nitrogen and oxygen atoms in total. The number of hydrogen-bond acceptors (Lipinski definition) is 2. The Bertz CT molecular complexity index is 233. The third-order valence-electron chi connectivity index (χ3n) is 1.92. The van der Waals surface area contributed by atoms with E-state index < -0.39 is 0 Å². The number of allylic oxidation sites excluding steroid dienone is 3. The van der Waals surface area contributed by atoms with Gasteiger partial charge in [-0.15, -0.1) is 0 Å². The molecule has 1 atom stereocenters. The Labute approximate surface area is 82.9 Å². The Kier molecular flexibility index (Phi) is 5.05. The van der Waals surface area contributed by atoms with E-state index in [2.05, 4.69) is 28.8 Å². The fourth-order valence-corrected chi connectivity index (χ4v) is 1.57. The van der Waals surface area contributed by atoms with Gasteiger partial charge in [-0.2, -0.15) is 0 Å². The molecule has 1 aliphatic carbocycles. The molecular formula is C10H17NOS. The lowest BCUT2D eigenvalue weighted by Gasteiger charge is -2.08. The van der Waals surface area contributed by atoms with Crippen molar-refractivity contribution in [3.8, 4) is 0 Å². The third kappa shape index (κ3) is 4.41. The Morgan fingerprint density at radius 1 is 1.62 bits per heavy atom. The second-order valence-corrected chi connectivity index (χ2v) is 4.22. The van der Waals surface area contributed by atoms with Crippen molar-refractivity contribution in [2.45, 2.75) is 19.3 Å². The molecular weight excluding hydrogens is 182 g/mol. The van der Waals surface area contributed by atoms with E-state index in [0.717, 1.165) is 13.0 Å². The second kappa shape index (κ2) is 6.13. The van der Waals surface area contributed by atoms with Gasteiger partial charge in [-0.1, -0.05) is 18.2 Å². The van der Waals surface area contributed by atoms with E-state index in [4.69, 9.17) is 4.18 Å². The van der Waals surface area contributed by atoms with E-state index in [1.807, 2.05) is 7.05 Å². The lowest BCUT2D eigenvalue weighted by atomic mass is 10.1. The van der Waals surface area contributed by atoms with Crippen molar-refractivity contribution >= 4 is 16.8 Å². The van der Waals surface area contributed by atoms with Crippen LogP contribution in [0, 0.1) is 0 Å². The minimum absolute atomic E-state index is 0.333. The lowest BCUT2D eigenvalue weighted by molar-refractivity contribution is 0.375. The van der Waals surface area contributed by atoms with Crippen LogP contribution in [0.2, 0.25) is 0 Å². The molecule has 1 aliphatic rings. The molecule has 74 valence electrons. The van der Waals surface area contributed by atoms with Gasteiger partial charge in [0.1, 0.15) is 0 Å². The molecule has 1 unspecified atom stereocenters. The van der Waals surface area contributed by atoms with Crippen LogP contribution in [0.4, 0.5) is 0 Å². The zero-order chi connectivity index (χ0) is 9.52. The molecule has 3 heteroatoms. The summed E-state index contributed by atoms with van der Waals surface area (Å²) < 4.78 is 8.38. The maximum Gasteiger partial charge on any atom is 0.0662 e.